The van der Waals surface area contributed by atoms with E-state index < -0.39 is 11.8 Å². The second-order valence-electron chi connectivity index (χ2n) is 5.59. The number of carbonyl (C=O) groups is 2. The van der Waals surface area contributed by atoms with E-state index in [1.165, 1.54) is 0 Å². The van der Waals surface area contributed by atoms with E-state index in [4.69, 9.17) is 5.11 Å². The minimum Gasteiger partial charge on any atom is -0.396 e. The Morgan fingerprint density at radius 2 is 2.05 bits per heavy atom. The third-order valence-electron chi connectivity index (χ3n) is 3.85. The normalized spacial score (nSPS) is 18.4. The third kappa shape index (κ3) is 4.29. The number of amides is 2. The van der Waals surface area contributed by atoms with Crippen molar-refractivity contribution in [2.75, 3.05) is 25.0 Å². The SMILES string of the molecule is Cc1ccc(NC(=O)C(=O)N2CCCC(CCO)C2)cc1. The second-order valence-corrected chi connectivity index (χ2v) is 5.59. The van der Waals surface area contributed by atoms with Crippen LogP contribution in [0.1, 0.15) is 24.8 Å². The molecule has 1 fully saturated rings. The van der Waals surface area contributed by atoms with E-state index >= 15 is 0 Å². The fraction of sp³-hybridized carbons (Fsp3) is 0.500. The maximum absolute atomic E-state index is 12.2. The molecule has 1 aliphatic rings. The Morgan fingerprint density at radius 1 is 1.33 bits per heavy atom. The van der Waals surface area contributed by atoms with Gasteiger partial charge in [-0.25, -0.2) is 0 Å². The molecule has 1 aliphatic heterocycles. The van der Waals surface area contributed by atoms with Gasteiger partial charge in [-0.3, -0.25) is 9.59 Å². The lowest BCUT2D eigenvalue weighted by Crippen LogP contribution is -2.45. The number of benzene rings is 1. The van der Waals surface area contributed by atoms with Crippen molar-refractivity contribution in [3.05, 3.63) is 29.8 Å². The second kappa shape index (κ2) is 7.22. The molecule has 5 nitrogen and oxygen atoms in total. The summed E-state index contributed by atoms with van der Waals surface area (Å²) in [4.78, 5) is 25.8. The zero-order valence-corrected chi connectivity index (χ0v) is 12.3. The molecule has 1 heterocycles. The lowest BCUT2D eigenvalue weighted by atomic mass is 9.95. The number of anilines is 1. The van der Waals surface area contributed by atoms with E-state index in [-0.39, 0.29) is 6.61 Å². The number of nitrogens with one attached hydrogen (secondary N) is 1. The summed E-state index contributed by atoms with van der Waals surface area (Å²) in [7, 11) is 0. The summed E-state index contributed by atoms with van der Waals surface area (Å²) in [5.41, 5.74) is 1.73. The van der Waals surface area contributed by atoms with Crippen molar-refractivity contribution in [3.8, 4) is 0 Å². The van der Waals surface area contributed by atoms with Crippen molar-refractivity contribution in [2.45, 2.75) is 26.2 Å². The van der Waals surface area contributed by atoms with Crippen LogP contribution in [0.15, 0.2) is 24.3 Å². The lowest BCUT2D eigenvalue weighted by Gasteiger charge is -2.32. The van der Waals surface area contributed by atoms with Gasteiger partial charge in [0.25, 0.3) is 0 Å². The van der Waals surface area contributed by atoms with Crippen LogP contribution in [0.2, 0.25) is 0 Å². The van der Waals surface area contributed by atoms with Gasteiger partial charge in [0.1, 0.15) is 0 Å². The van der Waals surface area contributed by atoms with Crippen LogP contribution in [0.5, 0.6) is 0 Å². The number of aryl methyl sites for hydroxylation is 1. The van der Waals surface area contributed by atoms with Crippen molar-refractivity contribution >= 4 is 17.5 Å². The Labute approximate surface area is 125 Å². The highest BCUT2D eigenvalue weighted by atomic mass is 16.3. The van der Waals surface area contributed by atoms with Crippen LogP contribution < -0.4 is 5.32 Å². The molecule has 0 aliphatic carbocycles. The topological polar surface area (TPSA) is 69.6 Å². The van der Waals surface area contributed by atoms with Crippen LogP contribution in [0.25, 0.3) is 0 Å². The number of hydrogen-bond acceptors (Lipinski definition) is 3. The molecule has 2 N–H and O–H groups in total. The van der Waals surface area contributed by atoms with Gasteiger partial charge in [0.2, 0.25) is 0 Å². The van der Waals surface area contributed by atoms with Gasteiger partial charge in [-0.2, -0.15) is 0 Å². The summed E-state index contributed by atoms with van der Waals surface area (Å²) in [6.45, 7) is 3.26. The predicted molar refractivity (Wildman–Crippen MR) is 80.8 cm³/mol. The minimum atomic E-state index is -0.594. The predicted octanol–water partition coefficient (Wildman–Crippen LogP) is 1.55. The van der Waals surface area contributed by atoms with E-state index in [0.717, 1.165) is 18.4 Å². The van der Waals surface area contributed by atoms with Crippen LogP contribution in [0.4, 0.5) is 5.69 Å². The zero-order valence-electron chi connectivity index (χ0n) is 12.3. The molecule has 1 aromatic rings. The number of likely N-dealkylation sites (tertiary alicyclic amines) is 1. The van der Waals surface area contributed by atoms with E-state index in [1.807, 2.05) is 19.1 Å². The van der Waals surface area contributed by atoms with Crippen molar-refractivity contribution in [1.29, 1.82) is 0 Å². The highest BCUT2D eigenvalue weighted by Gasteiger charge is 2.27. The molecule has 1 saturated heterocycles. The van der Waals surface area contributed by atoms with Gasteiger partial charge >= 0.3 is 11.8 Å². The van der Waals surface area contributed by atoms with E-state index in [9.17, 15) is 9.59 Å². The Bertz CT molecular complexity index is 497. The highest BCUT2D eigenvalue weighted by molar-refractivity contribution is 6.39. The quantitative estimate of drug-likeness (QED) is 0.830. The number of aliphatic hydroxyl groups is 1. The summed E-state index contributed by atoms with van der Waals surface area (Å²) in [6, 6.07) is 7.34. The molecular weight excluding hydrogens is 268 g/mol. The standard InChI is InChI=1S/C16H22N2O3/c1-12-4-6-14(7-5-12)17-15(20)16(21)18-9-2-3-13(11-18)8-10-19/h4-7,13,19H,2-3,8-11H2,1H3,(H,17,20). The first-order valence-electron chi connectivity index (χ1n) is 7.38. The molecule has 0 spiro atoms. The molecule has 2 rings (SSSR count). The minimum absolute atomic E-state index is 0.127. The number of piperidine rings is 1. The van der Waals surface area contributed by atoms with Crippen LogP contribution in [0.3, 0.4) is 0 Å². The molecule has 1 atom stereocenters. The average Bonchev–Trinajstić information content (AvgIpc) is 2.49. The Balaban J connectivity index is 1.92. The van der Waals surface area contributed by atoms with Gasteiger partial charge in [-0.05, 0) is 44.2 Å². The van der Waals surface area contributed by atoms with Gasteiger partial charge in [-0.15, -0.1) is 0 Å². The molecule has 5 heteroatoms. The molecule has 114 valence electrons. The molecule has 0 bridgehead atoms. The molecule has 21 heavy (non-hydrogen) atoms. The largest absolute Gasteiger partial charge is 0.396 e. The fourth-order valence-corrected chi connectivity index (χ4v) is 2.63. The van der Waals surface area contributed by atoms with Crippen LogP contribution >= 0.6 is 0 Å². The van der Waals surface area contributed by atoms with Crippen LogP contribution in [-0.2, 0) is 9.59 Å². The Kier molecular flexibility index (Phi) is 5.33. The number of carbonyl (C=O) groups excluding carboxylic acids is 2. The molecule has 1 aromatic carbocycles. The van der Waals surface area contributed by atoms with E-state index in [1.54, 1.807) is 17.0 Å². The monoisotopic (exact) mass is 290 g/mol. The van der Waals surface area contributed by atoms with Gasteiger partial charge < -0.3 is 15.3 Å². The lowest BCUT2D eigenvalue weighted by molar-refractivity contribution is -0.144. The number of nitrogens with zero attached hydrogens (tertiary/aromatic N) is 1. The van der Waals surface area contributed by atoms with Crippen LogP contribution in [-0.4, -0.2) is 41.5 Å². The van der Waals surface area contributed by atoms with Crippen molar-refractivity contribution in [2.24, 2.45) is 5.92 Å². The Hall–Kier alpha value is -1.88. The molecule has 2 amide bonds. The number of aliphatic hydroxyl groups excluding tert-OH is 1. The van der Waals surface area contributed by atoms with E-state index in [0.29, 0.717) is 31.1 Å². The van der Waals surface area contributed by atoms with Crippen molar-refractivity contribution in [1.82, 2.24) is 4.90 Å². The summed E-state index contributed by atoms with van der Waals surface area (Å²) >= 11 is 0. The van der Waals surface area contributed by atoms with Crippen molar-refractivity contribution in [3.63, 3.8) is 0 Å². The fourth-order valence-electron chi connectivity index (χ4n) is 2.63. The molecule has 1 unspecified atom stereocenters. The smallest absolute Gasteiger partial charge is 0.313 e. The highest BCUT2D eigenvalue weighted by Crippen LogP contribution is 2.19. The number of rotatable bonds is 3. The molecule has 0 radical (unpaired) electrons. The summed E-state index contributed by atoms with van der Waals surface area (Å²) in [5.74, 6) is -0.790. The maximum atomic E-state index is 12.2. The molecular formula is C16H22N2O3. The molecule has 0 aromatic heterocycles. The van der Waals surface area contributed by atoms with Gasteiger partial charge in [-0.1, -0.05) is 17.7 Å². The van der Waals surface area contributed by atoms with Gasteiger partial charge in [0, 0.05) is 25.4 Å². The summed E-state index contributed by atoms with van der Waals surface area (Å²) in [6.07, 6.45) is 2.57. The average molecular weight is 290 g/mol. The third-order valence-corrected chi connectivity index (χ3v) is 3.85. The van der Waals surface area contributed by atoms with Crippen LogP contribution in [0, 0.1) is 12.8 Å². The number of hydrogen-bond donors (Lipinski definition) is 2. The maximum Gasteiger partial charge on any atom is 0.313 e. The Morgan fingerprint density at radius 3 is 2.71 bits per heavy atom. The van der Waals surface area contributed by atoms with Crippen molar-refractivity contribution < 1.29 is 14.7 Å². The molecule has 0 saturated carbocycles. The van der Waals surface area contributed by atoms with E-state index in [2.05, 4.69) is 5.32 Å². The summed E-state index contributed by atoms with van der Waals surface area (Å²) < 4.78 is 0. The zero-order chi connectivity index (χ0) is 15.2. The summed E-state index contributed by atoms with van der Waals surface area (Å²) in [5, 5.41) is 11.6. The first-order valence-corrected chi connectivity index (χ1v) is 7.38. The first kappa shape index (κ1) is 15.5. The van der Waals surface area contributed by atoms with Gasteiger partial charge in [0.05, 0.1) is 0 Å². The van der Waals surface area contributed by atoms with Gasteiger partial charge in [0.15, 0.2) is 0 Å². The first-order chi connectivity index (χ1) is 10.1.